The summed E-state index contributed by atoms with van der Waals surface area (Å²) in [5.74, 6) is 1.56. The maximum Gasteiger partial charge on any atom is 0.232 e. The number of thioether (sulfide) groups is 1. The third kappa shape index (κ3) is 3.75. The number of carbonyl (C=O) groups excluding carboxylic acids is 1. The monoisotopic (exact) mass is 277 g/mol. The Bertz CT molecular complexity index is 398. The molecule has 0 radical (unpaired) electrons. The second kappa shape index (κ2) is 6.99. The summed E-state index contributed by atoms with van der Waals surface area (Å²) in [6.07, 6.45) is 6.65. The van der Waals surface area contributed by atoms with Crippen molar-refractivity contribution in [2.24, 2.45) is 0 Å². The van der Waals surface area contributed by atoms with E-state index in [0.29, 0.717) is 17.7 Å². The lowest BCUT2D eigenvalue weighted by molar-refractivity contribution is -0.129. The van der Waals surface area contributed by atoms with Crippen molar-refractivity contribution in [3.8, 4) is 0 Å². The summed E-state index contributed by atoms with van der Waals surface area (Å²) < 4.78 is 0. The molecule has 1 aromatic carbocycles. The molecule has 0 N–H and O–H groups in total. The zero-order valence-corrected chi connectivity index (χ0v) is 12.7. The van der Waals surface area contributed by atoms with Gasteiger partial charge in [-0.15, -0.1) is 0 Å². The molecule has 2 rings (SSSR count). The van der Waals surface area contributed by atoms with E-state index in [1.165, 1.54) is 18.4 Å². The van der Waals surface area contributed by atoms with Gasteiger partial charge in [-0.3, -0.25) is 4.79 Å². The highest BCUT2D eigenvalue weighted by Crippen LogP contribution is 2.34. The summed E-state index contributed by atoms with van der Waals surface area (Å²) >= 11 is 1.61. The molecule has 1 aliphatic rings. The van der Waals surface area contributed by atoms with Crippen LogP contribution < -0.4 is 0 Å². The van der Waals surface area contributed by atoms with Gasteiger partial charge in [0.05, 0.1) is 5.75 Å². The van der Waals surface area contributed by atoms with Crippen LogP contribution in [0.4, 0.5) is 0 Å². The second-order valence-electron chi connectivity index (χ2n) is 5.35. The van der Waals surface area contributed by atoms with E-state index < -0.39 is 0 Å². The van der Waals surface area contributed by atoms with Crippen LogP contribution in [0.3, 0.4) is 0 Å². The number of hydrogen-bond donors (Lipinski definition) is 0. The molecule has 1 fully saturated rings. The average molecular weight is 277 g/mol. The van der Waals surface area contributed by atoms with Crippen molar-refractivity contribution in [3.05, 3.63) is 35.9 Å². The molecule has 0 unspecified atom stereocenters. The maximum absolute atomic E-state index is 11.9. The molecule has 0 aliphatic heterocycles. The van der Waals surface area contributed by atoms with Gasteiger partial charge in [0, 0.05) is 13.1 Å². The van der Waals surface area contributed by atoms with Gasteiger partial charge in [-0.1, -0.05) is 30.3 Å². The minimum absolute atomic E-state index is 0.274. The second-order valence-corrected chi connectivity index (χ2v) is 6.22. The summed E-state index contributed by atoms with van der Waals surface area (Å²) in [5, 5.41) is 0. The molecule has 1 saturated carbocycles. The Morgan fingerprint density at radius 3 is 2.42 bits per heavy atom. The van der Waals surface area contributed by atoms with Crippen LogP contribution in [0.2, 0.25) is 0 Å². The van der Waals surface area contributed by atoms with Gasteiger partial charge < -0.3 is 4.90 Å². The van der Waals surface area contributed by atoms with Gasteiger partial charge in [0.2, 0.25) is 5.91 Å². The van der Waals surface area contributed by atoms with E-state index in [4.69, 9.17) is 0 Å². The van der Waals surface area contributed by atoms with Gasteiger partial charge in [-0.2, -0.15) is 11.8 Å². The number of benzene rings is 1. The van der Waals surface area contributed by atoms with Gasteiger partial charge in [0.25, 0.3) is 0 Å². The Balaban J connectivity index is 1.87. The third-order valence-corrected chi connectivity index (χ3v) is 4.71. The minimum Gasteiger partial charge on any atom is -0.342 e. The molecule has 0 heterocycles. The lowest BCUT2D eigenvalue weighted by Gasteiger charge is -2.34. The van der Waals surface area contributed by atoms with Gasteiger partial charge in [-0.25, -0.2) is 0 Å². The standard InChI is InChI=1S/C16H23NOS/c1-17(16(18)12-19-2)15-10-8-14(9-11-15)13-6-4-3-5-7-13/h3-7,14-15H,8-12H2,1-2H3. The number of amides is 1. The lowest BCUT2D eigenvalue weighted by Crippen LogP contribution is -2.40. The Labute approximate surface area is 120 Å². The zero-order chi connectivity index (χ0) is 13.7. The summed E-state index contributed by atoms with van der Waals surface area (Å²) in [6.45, 7) is 0. The molecule has 3 heteroatoms. The topological polar surface area (TPSA) is 20.3 Å². The summed E-state index contributed by atoms with van der Waals surface area (Å²) in [6, 6.07) is 11.2. The average Bonchev–Trinajstić information content (AvgIpc) is 2.48. The highest BCUT2D eigenvalue weighted by molar-refractivity contribution is 7.99. The molecule has 1 aromatic rings. The first-order chi connectivity index (χ1) is 9.22. The Morgan fingerprint density at radius 1 is 1.21 bits per heavy atom. The van der Waals surface area contributed by atoms with Crippen molar-refractivity contribution in [1.29, 1.82) is 0 Å². The Hall–Kier alpha value is -0.960. The first-order valence-corrected chi connectivity index (χ1v) is 8.41. The van der Waals surface area contributed by atoms with Crippen molar-refractivity contribution in [2.45, 2.75) is 37.6 Å². The molecule has 0 saturated heterocycles. The van der Waals surface area contributed by atoms with Gasteiger partial charge in [0.15, 0.2) is 0 Å². The number of rotatable bonds is 4. The molecule has 0 aromatic heterocycles. The van der Waals surface area contributed by atoms with E-state index in [9.17, 15) is 4.79 Å². The Morgan fingerprint density at radius 2 is 1.84 bits per heavy atom. The summed E-state index contributed by atoms with van der Waals surface area (Å²) in [7, 11) is 1.96. The predicted molar refractivity (Wildman–Crippen MR) is 82.6 cm³/mol. The van der Waals surface area contributed by atoms with Crippen LogP contribution in [-0.4, -0.2) is 35.9 Å². The fourth-order valence-corrected chi connectivity index (χ4v) is 3.40. The zero-order valence-electron chi connectivity index (χ0n) is 11.8. The van der Waals surface area contributed by atoms with Gasteiger partial charge in [-0.05, 0) is 43.4 Å². The highest BCUT2D eigenvalue weighted by atomic mass is 32.2. The maximum atomic E-state index is 11.9. The summed E-state index contributed by atoms with van der Waals surface area (Å²) in [5.41, 5.74) is 1.46. The number of carbonyl (C=O) groups is 1. The first kappa shape index (κ1) is 14.4. The van der Waals surface area contributed by atoms with E-state index in [1.807, 2.05) is 18.2 Å². The fraction of sp³-hybridized carbons (Fsp3) is 0.562. The van der Waals surface area contributed by atoms with Gasteiger partial charge in [0.1, 0.15) is 0 Å². The van der Waals surface area contributed by atoms with E-state index in [2.05, 4.69) is 30.3 Å². The van der Waals surface area contributed by atoms with Crippen LogP contribution in [-0.2, 0) is 4.79 Å². The van der Waals surface area contributed by atoms with Crippen LogP contribution in [0.15, 0.2) is 30.3 Å². The highest BCUT2D eigenvalue weighted by Gasteiger charge is 2.26. The number of nitrogens with zero attached hydrogens (tertiary/aromatic N) is 1. The van der Waals surface area contributed by atoms with Crippen molar-refractivity contribution in [1.82, 2.24) is 4.90 Å². The lowest BCUT2D eigenvalue weighted by atomic mass is 9.81. The van der Waals surface area contributed by atoms with Crippen LogP contribution in [0.1, 0.15) is 37.2 Å². The molecule has 0 atom stereocenters. The summed E-state index contributed by atoms with van der Waals surface area (Å²) in [4.78, 5) is 13.9. The van der Waals surface area contributed by atoms with Crippen LogP contribution >= 0.6 is 11.8 Å². The normalized spacial score (nSPS) is 23.1. The minimum atomic E-state index is 0.274. The fourth-order valence-electron chi connectivity index (χ4n) is 2.95. The smallest absolute Gasteiger partial charge is 0.232 e. The molecule has 0 spiro atoms. The van der Waals surface area contributed by atoms with E-state index in [-0.39, 0.29) is 5.91 Å². The van der Waals surface area contributed by atoms with Crippen LogP contribution in [0.5, 0.6) is 0 Å². The van der Waals surface area contributed by atoms with Crippen molar-refractivity contribution >= 4 is 17.7 Å². The van der Waals surface area contributed by atoms with E-state index in [1.54, 1.807) is 11.8 Å². The van der Waals surface area contributed by atoms with Crippen molar-refractivity contribution in [3.63, 3.8) is 0 Å². The van der Waals surface area contributed by atoms with Crippen LogP contribution in [0, 0.1) is 0 Å². The number of hydrogen-bond acceptors (Lipinski definition) is 2. The van der Waals surface area contributed by atoms with Crippen LogP contribution in [0.25, 0.3) is 0 Å². The molecular formula is C16H23NOS. The molecular weight excluding hydrogens is 254 g/mol. The van der Waals surface area contributed by atoms with Crippen molar-refractivity contribution in [2.75, 3.05) is 19.1 Å². The molecule has 1 amide bonds. The molecule has 104 valence electrons. The van der Waals surface area contributed by atoms with E-state index >= 15 is 0 Å². The molecule has 0 bridgehead atoms. The van der Waals surface area contributed by atoms with Gasteiger partial charge >= 0.3 is 0 Å². The first-order valence-electron chi connectivity index (χ1n) is 7.02. The van der Waals surface area contributed by atoms with Crippen molar-refractivity contribution < 1.29 is 4.79 Å². The Kier molecular flexibility index (Phi) is 5.32. The third-order valence-electron chi connectivity index (χ3n) is 4.18. The SMILES string of the molecule is CSCC(=O)N(C)C1CCC(c2ccccc2)CC1. The molecule has 19 heavy (non-hydrogen) atoms. The van der Waals surface area contributed by atoms with E-state index in [0.717, 1.165) is 12.8 Å². The predicted octanol–water partition coefficient (Wildman–Crippen LogP) is 3.53. The molecule has 1 aliphatic carbocycles. The largest absolute Gasteiger partial charge is 0.342 e. The quantitative estimate of drug-likeness (QED) is 0.839. The molecule has 2 nitrogen and oxygen atoms in total.